The van der Waals surface area contributed by atoms with Crippen molar-refractivity contribution >= 4 is 0 Å². The standard InChI is InChI=1S/C21H24O4/c1-18-13-19(2,15-25-20(18,22)16-9-5-3-6-10-16)21(23,24-14-18)17-11-7-4-8-12-17/h3-12,22-23H,13-15H2,1-2H3/t18-,19-,20+,21+/m1/s1. The van der Waals surface area contributed by atoms with E-state index in [1.54, 1.807) is 0 Å². The Morgan fingerprint density at radius 1 is 0.680 bits per heavy atom. The molecule has 2 aliphatic rings. The topological polar surface area (TPSA) is 58.9 Å². The van der Waals surface area contributed by atoms with Crippen LogP contribution in [-0.4, -0.2) is 23.4 Å². The summed E-state index contributed by atoms with van der Waals surface area (Å²) in [6, 6.07) is 18.8. The number of aliphatic hydroxyl groups is 2. The molecule has 2 saturated heterocycles. The number of benzene rings is 2. The maximum Gasteiger partial charge on any atom is 0.200 e. The Bertz CT molecular complexity index is 698. The van der Waals surface area contributed by atoms with Crippen LogP contribution in [0, 0.1) is 10.8 Å². The lowest BCUT2D eigenvalue weighted by atomic mass is 9.59. The van der Waals surface area contributed by atoms with Crippen molar-refractivity contribution in [3.63, 3.8) is 0 Å². The Balaban J connectivity index is 1.74. The summed E-state index contributed by atoms with van der Waals surface area (Å²) < 4.78 is 12.1. The normalized spacial score (nSPS) is 40.6. The molecule has 2 bridgehead atoms. The third-order valence-electron chi connectivity index (χ3n) is 5.95. The van der Waals surface area contributed by atoms with Crippen molar-refractivity contribution in [1.29, 1.82) is 0 Å². The first-order valence-corrected chi connectivity index (χ1v) is 8.67. The molecule has 4 rings (SSSR count). The molecule has 2 N–H and O–H groups in total. The molecule has 0 aliphatic carbocycles. The Kier molecular flexibility index (Phi) is 3.61. The van der Waals surface area contributed by atoms with E-state index in [9.17, 15) is 10.2 Å². The van der Waals surface area contributed by atoms with Gasteiger partial charge in [-0.25, -0.2) is 0 Å². The van der Waals surface area contributed by atoms with Gasteiger partial charge >= 0.3 is 0 Å². The van der Waals surface area contributed by atoms with Gasteiger partial charge in [0.2, 0.25) is 0 Å². The zero-order chi connectivity index (χ0) is 17.8. The first kappa shape index (κ1) is 16.7. The van der Waals surface area contributed by atoms with Gasteiger partial charge in [-0.1, -0.05) is 74.5 Å². The second-order valence-electron chi connectivity index (χ2n) is 7.90. The fraction of sp³-hybridized carbons (Fsp3) is 0.429. The Morgan fingerprint density at radius 3 is 1.40 bits per heavy atom. The van der Waals surface area contributed by atoms with Crippen molar-refractivity contribution in [2.45, 2.75) is 31.8 Å². The smallest absolute Gasteiger partial charge is 0.200 e. The zero-order valence-electron chi connectivity index (χ0n) is 14.6. The second kappa shape index (κ2) is 5.39. The van der Waals surface area contributed by atoms with E-state index in [4.69, 9.17) is 9.47 Å². The highest BCUT2D eigenvalue weighted by atomic mass is 16.7. The monoisotopic (exact) mass is 340 g/mol. The largest absolute Gasteiger partial charge is 0.361 e. The van der Waals surface area contributed by atoms with E-state index in [1.807, 2.05) is 74.5 Å². The molecule has 4 heteroatoms. The second-order valence-corrected chi connectivity index (χ2v) is 7.90. The molecule has 2 heterocycles. The van der Waals surface area contributed by atoms with E-state index in [0.717, 1.165) is 0 Å². The molecule has 25 heavy (non-hydrogen) atoms. The maximum atomic E-state index is 11.4. The molecule has 0 radical (unpaired) electrons. The average Bonchev–Trinajstić information content (AvgIpc) is 2.64. The minimum atomic E-state index is -1.44. The number of hydrogen-bond acceptors (Lipinski definition) is 4. The molecule has 0 spiro atoms. The highest BCUT2D eigenvalue weighted by molar-refractivity contribution is 5.28. The fourth-order valence-electron chi connectivity index (χ4n) is 4.47. The van der Waals surface area contributed by atoms with Crippen LogP contribution in [0.25, 0.3) is 0 Å². The van der Waals surface area contributed by atoms with Crippen molar-refractivity contribution in [2.24, 2.45) is 10.8 Å². The highest BCUT2D eigenvalue weighted by Gasteiger charge is 2.67. The molecule has 0 amide bonds. The number of hydrogen-bond donors (Lipinski definition) is 2. The Morgan fingerprint density at radius 2 is 1.04 bits per heavy atom. The van der Waals surface area contributed by atoms with Crippen LogP contribution in [-0.2, 0) is 21.0 Å². The summed E-state index contributed by atoms with van der Waals surface area (Å²) >= 11 is 0. The van der Waals surface area contributed by atoms with E-state index in [1.165, 1.54) is 0 Å². The van der Waals surface area contributed by atoms with Crippen LogP contribution in [0.2, 0.25) is 0 Å². The minimum absolute atomic E-state index is 0.194. The van der Waals surface area contributed by atoms with Gasteiger partial charge in [0, 0.05) is 11.1 Å². The quantitative estimate of drug-likeness (QED) is 0.882. The summed E-state index contributed by atoms with van der Waals surface area (Å²) in [7, 11) is 0. The predicted octanol–water partition coefficient (Wildman–Crippen LogP) is 3.14. The molecule has 0 saturated carbocycles. The van der Waals surface area contributed by atoms with Crippen LogP contribution in [0.4, 0.5) is 0 Å². The molecule has 2 fully saturated rings. The molecule has 2 aliphatic heterocycles. The number of rotatable bonds is 2. The molecule has 2 aromatic carbocycles. The predicted molar refractivity (Wildman–Crippen MR) is 93.4 cm³/mol. The molecule has 2 aromatic rings. The molecule has 4 atom stereocenters. The lowest BCUT2D eigenvalue weighted by molar-refractivity contribution is -0.430. The SMILES string of the molecule is C[C@@]12CO[C@@](O)(c3ccccc3)[C@@](C)(CO[C@@]1(O)c1ccccc1)C2. The molecule has 0 aromatic heterocycles. The van der Waals surface area contributed by atoms with E-state index in [0.29, 0.717) is 17.5 Å². The number of fused-ring (bicyclic) bond motifs is 2. The minimum Gasteiger partial charge on any atom is -0.361 e. The highest BCUT2D eigenvalue weighted by Crippen LogP contribution is 2.61. The van der Waals surface area contributed by atoms with Gasteiger partial charge in [-0.3, -0.25) is 0 Å². The maximum absolute atomic E-state index is 11.4. The Hall–Kier alpha value is -1.72. The molecular weight excluding hydrogens is 316 g/mol. The first-order chi connectivity index (χ1) is 11.8. The lowest BCUT2D eigenvalue weighted by Crippen LogP contribution is -2.67. The van der Waals surface area contributed by atoms with Crippen LogP contribution >= 0.6 is 0 Å². The molecule has 4 nitrogen and oxygen atoms in total. The fourth-order valence-corrected chi connectivity index (χ4v) is 4.47. The summed E-state index contributed by atoms with van der Waals surface area (Å²) in [6.07, 6.45) is 0.580. The third kappa shape index (κ3) is 2.22. The first-order valence-electron chi connectivity index (χ1n) is 8.67. The Labute approximate surface area is 148 Å². The lowest BCUT2D eigenvalue weighted by Gasteiger charge is -2.61. The van der Waals surface area contributed by atoms with Crippen LogP contribution in [0.15, 0.2) is 60.7 Å². The van der Waals surface area contributed by atoms with E-state index >= 15 is 0 Å². The van der Waals surface area contributed by atoms with Gasteiger partial charge in [0.15, 0.2) is 11.6 Å². The van der Waals surface area contributed by atoms with Gasteiger partial charge in [-0.2, -0.15) is 0 Å². The van der Waals surface area contributed by atoms with Gasteiger partial charge in [0.1, 0.15) is 0 Å². The summed E-state index contributed by atoms with van der Waals surface area (Å²) in [5.41, 5.74) is 0.103. The van der Waals surface area contributed by atoms with Crippen molar-refractivity contribution in [3.05, 3.63) is 71.8 Å². The third-order valence-corrected chi connectivity index (χ3v) is 5.95. The van der Waals surface area contributed by atoms with Crippen LogP contribution in [0.3, 0.4) is 0 Å². The van der Waals surface area contributed by atoms with Crippen molar-refractivity contribution in [3.8, 4) is 0 Å². The average molecular weight is 340 g/mol. The van der Waals surface area contributed by atoms with Crippen molar-refractivity contribution in [2.75, 3.05) is 13.2 Å². The van der Waals surface area contributed by atoms with E-state index < -0.39 is 22.4 Å². The number of ether oxygens (including phenoxy) is 2. The van der Waals surface area contributed by atoms with Crippen molar-refractivity contribution in [1.82, 2.24) is 0 Å². The molecular formula is C21H24O4. The van der Waals surface area contributed by atoms with Gasteiger partial charge in [-0.15, -0.1) is 0 Å². The molecule has 0 unspecified atom stereocenters. The zero-order valence-corrected chi connectivity index (χ0v) is 14.6. The summed E-state index contributed by atoms with van der Waals surface area (Å²) in [4.78, 5) is 0. The van der Waals surface area contributed by atoms with E-state index in [2.05, 4.69) is 0 Å². The van der Waals surface area contributed by atoms with Gasteiger partial charge in [0.05, 0.1) is 24.0 Å². The van der Waals surface area contributed by atoms with E-state index in [-0.39, 0.29) is 13.2 Å². The van der Waals surface area contributed by atoms with Crippen LogP contribution in [0.5, 0.6) is 0 Å². The van der Waals surface area contributed by atoms with Crippen LogP contribution in [0.1, 0.15) is 31.4 Å². The van der Waals surface area contributed by atoms with Gasteiger partial charge < -0.3 is 19.7 Å². The van der Waals surface area contributed by atoms with Crippen LogP contribution < -0.4 is 0 Å². The summed E-state index contributed by atoms with van der Waals surface area (Å²) in [5, 5.41) is 22.8. The van der Waals surface area contributed by atoms with Gasteiger partial charge in [0.25, 0.3) is 0 Å². The summed E-state index contributed by atoms with van der Waals surface area (Å²) in [6.45, 7) is 4.31. The van der Waals surface area contributed by atoms with Crippen molar-refractivity contribution < 1.29 is 19.7 Å². The van der Waals surface area contributed by atoms with Gasteiger partial charge in [-0.05, 0) is 6.42 Å². The molecule has 132 valence electrons. The summed E-state index contributed by atoms with van der Waals surface area (Å²) in [5.74, 6) is -2.88.